The molecule has 106 valence electrons. The molecule has 2 atom stereocenters. The van der Waals surface area contributed by atoms with Crippen LogP contribution in [0.3, 0.4) is 0 Å². The molecule has 0 spiro atoms. The molecule has 0 aromatic carbocycles. The fourth-order valence-electron chi connectivity index (χ4n) is 2.17. The summed E-state index contributed by atoms with van der Waals surface area (Å²) in [6, 6.07) is 1.79. The van der Waals surface area contributed by atoms with Crippen molar-refractivity contribution in [2.75, 3.05) is 24.2 Å². The van der Waals surface area contributed by atoms with Crippen LogP contribution in [0.15, 0.2) is 6.07 Å². The van der Waals surface area contributed by atoms with Crippen molar-refractivity contribution >= 4 is 11.6 Å². The zero-order valence-corrected chi connectivity index (χ0v) is 12.2. The minimum atomic E-state index is -0.102. The summed E-state index contributed by atoms with van der Waals surface area (Å²) in [4.78, 5) is 8.85. The van der Waals surface area contributed by atoms with Crippen molar-refractivity contribution in [3.63, 3.8) is 0 Å². The van der Waals surface area contributed by atoms with E-state index in [1.54, 1.807) is 6.07 Å². The van der Waals surface area contributed by atoms with Crippen molar-refractivity contribution in [2.24, 2.45) is 5.92 Å². The Hall–Kier alpha value is -1.36. The lowest BCUT2D eigenvalue weighted by atomic mass is 9.96. The van der Waals surface area contributed by atoms with E-state index in [1.807, 2.05) is 0 Å². The molecule has 0 bridgehead atoms. The van der Waals surface area contributed by atoms with Gasteiger partial charge in [-0.05, 0) is 13.3 Å². The first kappa shape index (κ1) is 14.1. The van der Waals surface area contributed by atoms with Gasteiger partial charge in [0.2, 0.25) is 0 Å². The van der Waals surface area contributed by atoms with E-state index in [1.165, 1.54) is 0 Å². The Kier molecular flexibility index (Phi) is 3.94. The number of ether oxygens (including phenoxy) is 1. The number of rotatable bonds is 3. The summed E-state index contributed by atoms with van der Waals surface area (Å²) in [5.74, 6) is 2.62. The smallest absolute Gasteiger partial charge is 0.138 e. The van der Waals surface area contributed by atoms with Gasteiger partial charge < -0.3 is 15.8 Å². The molecule has 1 saturated heterocycles. The molecule has 0 saturated carbocycles. The number of hydrogen-bond donors (Lipinski definition) is 2. The van der Waals surface area contributed by atoms with Crippen molar-refractivity contribution in [1.82, 2.24) is 9.97 Å². The number of hydrogen-bond acceptors (Lipinski definition) is 5. The Labute approximate surface area is 115 Å². The molecule has 5 nitrogen and oxygen atoms in total. The maximum absolute atomic E-state index is 5.85. The van der Waals surface area contributed by atoms with Gasteiger partial charge in [0.25, 0.3) is 0 Å². The predicted molar refractivity (Wildman–Crippen MR) is 77.2 cm³/mol. The third-order valence-corrected chi connectivity index (χ3v) is 3.50. The Morgan fingerprint density at radius 2 is 2.16 bits per heavy atom. The second kappa shape index (κ2) is 5.33. The summed E-state index contributed by atoms with van der Waals surface area (Å²) < 4.78 is 5.56. The normalized spacial score (nSPS) is 23.6. The monoisotopic (exact) mass is 264 g/mol. The van der Waals surface area contributed by atoms with Gasteiger partial charge in [-0.15, -0.1) is 0 Å². The van der Waals surface area contributed by atoms with E-state index in [-0.39, 0.29) is 5.41 Å². The van der Waals surface area contributed by atoms with Crippen LogP contribution in [-0.4, -0.2) is 29.2 Å². The fraction of sp³-hybridized carbons (Fsp3) is 0.714. The average molecular weight is 264 g/mol. The van der Waals surface area contributed by atoms with Crippen molar-refractivity contribution in [1.29, 1.82) is 0 Å². The molecular formula is C14H24N4O. The van der Waals surface area contributed by atoms with Gasteiger partial charge in [-0.1, -0.05) is 20.8 Å². The summed E-state index contributed by atoms with van der Waals surface area (Å²) in [5.41, 5.74) is 5.75. The molecule has 3 N–H and O–H groups in total. The first-order valence-corrected chi connectivity index (χ1v) is 6.87. The fourth-order valence-corrected chi connectivity index (χ4v) is 2.17. The number of aromatic nitrogens is 2. The van der Waals surface area contributed by atoms with Gasteiger partial charge in [0.15, 0.2) is 0 Å². The molecule has 1 aliphatic heterocycles. The molecule has 0 radical (unpaired) electrons. The zero-order valence-electron chi connectivity index (χ0n) is 12.2. The van der Waals surface area contributed by atoms with Gasteiger partial charge in [0.1, 0.15) is 17.5 Å². The van der Waals surface area contributed by atoms with E-state index in [0.717, 1.165) is 31.2 Å². The van der Waals surface area contributed by atoms with Crippen molar-refractivity contribution in [3.05, 3.63) is 11.9 Å². The van der Waals surface area contributed by atoms with Crippen molar-refractivity contribution in [2.45, 2.75) is 45.6 Å². The Morgan fingerprint density at radius 1 is 1.42 bits per heavy atom. The largest absolute Gasteiger partial charge is 0.384 e. The average Bonchev–Trinajstić information content (AvgIpc) is 2.70. The van der Waals surface area contributed by atoms with Crippen LogP contribution >= 0.6 is 0 Å². The van der Waals surface area contributed by atoms with Crippen molar-refractivity contribution in [3.8, 4) is 0 Å². The lowest BCUT2D eigenvalue weighted by molar-refractivity contribution is 0.108. The van der Waals surface area contributed by atoms with E-state index < -0.39 is 0 Å². The van der Waals surface area contributed by atoms with Gasteiger partial charge in [-0.25, -0.2) is 9.97 Å². The Balaban J connectivity index is 2.06. The van der Waals surface area contributed by atoms with E-state index in [0.29, 0.717) is 17.8 Å². The van der Waals surface area contributed by atoms with E-state index in [9.17, 15) is 0 Å². The highest BCUT2D eigenvalue weighted by molar-refractivity contribution is 5.45. The first-order valence-electron chi connectivity index (χ1n) is 6.87. The van der Waals surface area contributed by atoms with E-state index in [2.05, 4.69) is 43.0 Å². The molecule has 2 unspecified atom stereocenters. The number of nitrogens with two attached hydrogens (primary N) is 1. The van der Waals surface area contributed by atoms with Gasteiger partial charge in [-0.2, -0.15) is 0 Å². The maximum Gasteiger partial charge on any atom is 0.138 e. The van der Waals surface area contributed by atoms with Gasteiger partial charge in [-0.3, -0.25) is 0 Å². The summed E-state index contributed by atoms with van der Waals surface area (Å²) in [6.45, 7) is 10.1. The van der Waals surface area contributed by atoms with Crippen LogP contribution in [-0.2, 0) is 10.2 Å². The molecule has 1 fully saturated rings. The molecule has 2 heterocycles. The topological polar surface area (TPSA) is 73.1 Å². The third-order valence-electron chi connectivity index (χ3n) is 3.50. The number of anilines is 2. The second-order valence-corrected chi connectivity index (χ2v) is 6.26. The van der Waals surface area contributed by atoms with E-state index in [4.69, 9.17) is 10.5 Å². The van der Waals surface area contributed by atoms with Crippen LogP contribution in [0, 0.1) is 5.92 Å². The van der Waals surface area contributed by atoms with Gasteiger partial charge in [0.05, 0.1) is 6.10 Å². The summed E-state index contributed by atoms with van der Waals surface area (Å²) >= 11 is 0. The van der Waals surface area contributed by atoms with Crippen LogP contribution in [0.5, 0.6) is 0 Å². The van der Waals surface area contributed by atoms with Crippen LogP contribution < -0.4 is 11.1 Å². The minimum Gasteiger partial charge on any atom is -0.384 e. The Morgan fingerprint density at radius 3 is 2.74 bits per heavy atom. The number of nitrogens with one attached hydrogen (secondary N) is 1. The SMILES string of the molecule is CC1OCCC1CNc1cc(N)nc(C(C)(C)C)n1. The van der Waals surface area contributed by atoms with E-state index >= 15 is 0 Å². The Bertz CT molecular complexity index is 442. The highest BCUT2D eigenvalue weighted by Gasteiger charge is 2.24. The molecule has 5 heteroatoms. The van der Waals surface area contributed by atoms with Crippen LogP contribution in [0.2, 0.25) is 0 Å². The quantitative estimate of drug-likeness (QED) is 0.875. The lowest BCUT2D eigenvalue weighted by Crippen LogP contribution is -2.23. The highest BCUT2D eigenvalue weighted by Crippen LogP contribution is 2.23. The molecular weight excluding hydrogens is 240 g/mol. The summed E-state index contributed by atoms with van der Waals surface area (Å²) in [6.07, 6.45) is 1.41. The van der Waals surface area contributed by atoms with Crippen LogP contribution in [0.1, 0.15) is 39.9 Å². The molecule has 1 aromatic heterocycles. The zero-order chi connectivity index (χ0) is 14.0. The molecule has 2 rings (SSSR count). The molecule has 0 amide bonds. The summed E-state index contributed by atoms with van der Waals surface area (Å²) in [5, 5.41) is 3.36. The van der Waals surface area contributed by atoms with Gasteiger partial charge >= 0.3 is 0 Å². The molecule has 19 heavy (non-hydrogen) atoms. The second-order valence-electron chi connectivity index (χ2n) is 6.26. The number of nitrogen functional groups attached to an aromatic ring is 1. The molecule has 0 aliphatic carbocycles. The highest BCUT2D eigenvalue weighted by atomic mass is 16.5. The maximum atomic E-state index is 5.85. The van der Waals surface area contributed by atoms with Crippen molar-refractivity contribution < 1.29 is 4.74 Å². The van der Waals surface area contributed by atoms with Gasteiger partial charge in [0, 0.05) is 30.6 Å². The first-order chi connectivity index (χ1) is 8.86. The molecule has 1 aliphatic rings. The molecule has 1 aromatic rings. The summed E-state index contributed by atoms with van der Waals surface area (Å²) in [7, 11) is 0. The van der Waals surface area contributed by atoms with Crippen LogP contribution in [0.25, 0.3) is 0 Å². The predicted octanol–water partition coefficient (Wildman–Crippen LogP) is 2.19. The third kappa shape index (κ3) is 3.56. The lowest BCUT2D eigenvalue weighted by Gasteiger charge is -2.19. The minimum absolute atomic E-state index is 0.102. The van der Waals surface area contributed by atoms with Crippen LogP contribution in [0.4, 0.5) is 11.6 Å². The standard InChI is InChI=1S/C14H24N4O/c1-9-10(5-6-19-9)8-16-12-7-11(15)17-13(18-12)14(2,3)4/h7,9-10H,5-6,8H2,1-4H3,(H3,15,16,17,18). The number of nitrogens with zero attached hydrogens (tertiary/aromatic N) is 2.